The Morgan fingerprint density at radius 1 is 1.24 bits per heavy atom. The summed E-state index contributed by atoms with van der Waals surface area (Å²) >= 11 is 0. The highest BCUT2D eigenvalue weighted by Gasteiger charge is 2.32. The van der Waals surface area contributed by atoms with E-state index in [1.165, 1.54) is 0 Å². The first kappa shape index (κ1) is 13.7. The van der Waals surface area contributed by atoms with E-state index in [1.807, 2.05) is 13.0 Å². The molecule has 17 heavy (non-hydrogen) atoms. The maximum atomic E-state index is 11.7. The third kappa shape index (κ3) is 3.58. The molecule has 0 amide bonds. The average Bonchev–Trinajstić information content (AvgIpc) is 2.30. The lowest BCUT2D eigenvalue weighted by Crippen LogP contribution is -2.29. The van der Waals surface area contributed by atoms with Crippen molar-refractivity contribution in [2.24, 2.45) is 11.8 Å². The summed E-state index contributed by atoms with van der Waals surface area (Å²) in [5.74, 6) is -0.966. The second kappa shape index (κ2) is 6.42. The standard InChI is InChI=1S/C13H20O4/c1-4-16-12(14)10-7-6-9(3)11(8-10)13(15)17-5-2/h6,10-11H,4-5,7-8H2,1-3H3. The molecule has 0 radical (unpaired) electrons. The number of hydrogen-bond donors (Lipinski definition) is 0. The van der Waals surface area contributed by atoms with Gasteiger partial charge in [-0.2, -0.15) is 0 Å². The smallest absolute Gasteiger partial charge is 0.313 e. The molecule has 0 saturated carbocycles. The second-order valence-corrected chi connectivity index (χ2v) is 4.17. The van der Waals surface area contributed by atoms with Crippen LogP contribution in [-0.2, 0) is 19.1 Å². The number of rotatable bonds is 4. The molecular formula is C13H20O4. The zero-order valence-corrected chi connectivity index (χ0v) is 10.7. The summed E-state index contributed by atoms with van der Waals surface area (Å²) in [6, 6.07) is 0. The van der Waals surface area contributed by atoms with E-state index >= 15 is 0 Å². The van der Waals surface area contributed by atoms with Crippen molar-refractivity contribution in [3.63, 3.8) is 0 Å². The highest BCUT2D eigenvalue weighted by Crippen LogP contribution is 2.30. The van der Waals surface area contributed by atoms with E-state index in [-0.39, 0.29) is 23.8 Å². The lowest BCUT2D eigenvalue weighted by Gasteiger charge is -2.25. The van der Waals surface area contributed by atoms with Gasteiger partial charge in [-0.1, -0.05) is 11.6 Å². The largest absolute Gasteiger partial charge is 0.466 e. The van der Waals surface area contributed by atoms with Gasteiger partial charge in [-0.3, -0.25) is 9.59 Å². The van der Waals surface area contributed by atoms with Crippen LogP contribution in [0.2, 0.25) is 0 Å². The van der Waals surface area contributed by atoms with Gasteiger partial charge in [0.1, 0.15) is 0 Å². The van der Waals surface area contributed by atoms with Crippen molar-refractivity contribution >= 4 is 11.9 Å². The van der Waals surface area contributed by atoms with Crippen LogP contribution in [0.1, 0.15) is 33.6 Å². The van der Waals surface area contributed by atoms with Crippen LogP contribution in [0.25, 0.3) is 0 Å². The number of ether oxygens (including phenoxy) is 2. The van der Waals surface area contributed by atoms with Gasteiger partial charge in [-0.25, -0.2) is 0 Å². The molecule has 0 bridgehead atoms. The number of hydrogen-bond acceptors (Lipinski definition) is 4. The Morgan fingerprint density at radius 2 is 1.82 bits per heavy atom. The minimum Gasteiger partial charge on any atom is -0.466 e. The van der Waals surface area contributed by atoms with Gasteiger partial charge in [-0.05, 0) is 33.6 Å². The van der Waals surface area contributed by atoms with Crippen molar-refractivity contribution in [1.29, 1.82) is 0 Å². The Labute approximate surface area is 102 Å². The highest BCUT2D eigenvalue weighted by molar-refractivity contribution is 5.79. The highest BCUT2D eigenvalue weighted by atomic mass is 16.5. The van der Waals surface area contributed by atoms with Gasteiger partial charge in [0.05, 0.1) is 25.0 Å². The van der Waals surface area contributed by atoms with E-state index in [0.717, 1.165) is 5.57 Å². The fraction of sp³-hybridized carbons (Fsp3) is 0.692. The van der Waals surface area contributed by atoms with Crippen LogP contribution in [0.15, 0.2) is 11.6 Å². The van der Waals surface area contributed by atoms with E-state index in [2.05, 4.69) is 0 Å². The molecule has 0 aromatic rings. The van der Waals surface area contributed by atoms with Gasteiger partial charge < -0.3 is 9.47 Å². The molecular weight excluding hydrogens is 220 g/mol. The summed E-state index contributed by atoms with van der Waals surface area (Å²) in [6.45, 7) is 6.21. The molecule has 2 atom stereocenters. The van der Waals surface area contributed by atoms with Crippen molar-refractivity contribution in [2.45, 2.75) is 33.6 Å². The van der Waals surface area contributed by atoms with Crippen molar-refractivity contribution in [1.82, 2.24) is 0 Å². The Hall–Kier alpha value is -1.32. The monoisotopic (exact) mass is 240 g/mol. The molecule has 0 heterocycles. The zero-order valence-electron chi connectivity index (χ0n) is 10.7. The number of carbonyl (C=O) groups is 2. The fourth-order valence-electron chi connectivity index (χ4n) is 2.01. The SMILES string of the molecule is CCOC(=O)C1CC=C(C)C(C(=O)OCC)C1. The summed E-state index contributed by atoms with van der Waals surface area (Å²) in [6.07, 6.45) is 3.09. The van der Waals surface area contributed by atoms with Gasteiger partial charge in [0.25, 0.3) is 0 Å². The van der Waals surface area contributed by atoms with Crippen LogP contribution in [0.4, 0.5) is 0 Å². The Bertz CT molecular complexity index is 319. The van der Waals surface area contributed by atoms with Crippen LogP contribution >= 0.6 is 0 Å². The lowest BCUT2D eigenvalue weighted by atomic mass is 9.82. The molecule has 4 nitrogen and oxygen atoms in total. The minimum absolute atomic E-state index is 0.215. The normalized spacial score (nSPS) is 23.8. The maximum Gasteiger partial charge on any atom is 0.313 e. The molecule has 2 unspecified atom stereocenters. The first-order valence-corrected chi connectivity index (χ1v) is 6.10. The molecule has 0 aromatic carbocycles. The third-order valence-corrected chi connectivity index (χ3v) is 2.99. The average molecular weight is 240 g/mol. The Balaban J connectivity index is 2.67. The number of carbonyl (C=O) groups excluding carboxylic acids is 2. The van der Waals surface area contributed by atoms with E-state index in [1.54, 1.807) is 13.8 Å². The number of esters is 2. The van der Waals surface area contributed by atoms with Gasteiger partial charge in [0.15, 0.2) is 0 Å². The number of allylic oxidation sites excluding steroid dienone is 1. The van der Waals surface area contributed by atoms with Crippen LogP contribution in [-0.4, -0.2) is 25.2 Å². The van der Waals surface area contributed by atoms with Crippen molar-refractivity contribution < 1.29 is 19.1 Å². The van der Waals surface area contributed by atoms with Crippen molar-refractivity contribution in [2.75, 3.05) is 13.2 Å². The van der Waals surface area contributed by atoms with E-state index in [0.29, 0.717) is 26.1 Å². The van der Waals surface area contributed by atoms with Crippen LogP contribution in [0.3, 0.4) is 0 Å². The summed E-state index contributed by atoms with van der Waals surface area (Å²) in [4.78, 5) is 23.3. The van der Waals surface area contributed by atoms with E-state index in [4.69, 9.17) is 9.47 Å². The van der Waals surface area contributed by atoms with E-state index in [9.17, 15) is 9.59 Å². The third-order valence-electron chi connectivity index (χ3n) is 2.99. The molecule has 0 N–H and O–H groups in total. The summed E-state index contributed by atoms with van der Waals surface area (Å²) < 4.78 is 9.99. The lowest BCUT2D eigenvalue weighted by molar-refractivity contribution is -0.151. The molecule has 1 aliphatic carbocycles. The molecule has 96 valence electrons. The Morgan fingerprint density at radius 3 is 2.41 bits per heavy atom. The molecule has 0 aliphatic heterocycles. The molecule has 4 heteroatoms. The van der Waals surface area contributed by atoms with Crippen LogP contribution < -0.4 is 0 Å². The minimum atomic E-state index is -0.293. The summed E-state index contributed by atoms with van der Waals surface area (Å²) in [5.41, 5.74) is 0.990. The first-order chi connectivity index (χ1) is 8.10. The predicted molar refractivity (Wildman–Crippen MR) is 63.2 cm³/mol. The van der Waals surface area contributed by atoms with Gasteiger partial charge in [0.2, 0.25) is 0 Å². The first-order valence-electron chi connectivity index (χ1n) is 6.10. The van der Waals surface area contributed by atoms with E-state index < -0.39 is 0 Å². The topological polar surface area (TPSA) is 52.6 Å². The quantitative estimate of drug-likeness (QED) is 0.557. The summed E-state index contributed by atoms with van der Waals surface area (Å²) in [7, 11) is 0. The molecule has 0 saturated heterocycles. The van der Waals surface area contributed by atoms with Crippen LogP contribution in [0, 0.1) is 11.8 Å². The molecule has 0 spiro atoms. The molecule has 1 aliphatic rings. The zero-order chi connectivity index (χ0) is 12.8. The maximum absolute atomic E-state index is 11.7. The van der Waals surface area contributed by atoms with Crippen LogP contribution in [0.5, 0.6) is 0 Å². The second-order valence-electron chi connectivity index (χ2n) is 4.17. The molecule has 0 fully saturated rings. The van der Waals surface area contributed by atoms with Gasteiger partial charge in [-0.15, -0.1) is 0 Å². The summed E-state index contributed by atoms with van der Waals surface area (Å²) in [5, 5.41) is 0. The van der Waals surface area contributed by atoms with Gasteiger partial charge >= 0.3 is 11.9 Å². The Kier molecular flexibility index (Phi) is 5.19. The molecule has 0 aromatic heterocycles. The van der Waals surface area contributed by atoms with Crippen molar-refractivity contribution in [3.8, 4) is 0 Å². The molecule has 1 rings (SSSR count). The predicted octanol–water partition coefficient (Wildman–Crippen LogP) is 2.09. The van der Waals surface area contributed by atoms with Gasteiger partial charge in [0, 0.05) is 0 Å². The fourth-order valence-corrected chi connectivity index (χ4v) is 2.01. The van der Waals surface area contributed by atoms with Crippen molar-refractivity contribution in [3.05, 3.63) is 11.6 Å².